The van der Waals surface area contributed by atoms with Crippen molar-refractivity contribution in [3.63, 3.8) is 0 Å². The van der Waals surface area contributed by atoms with E-state index >= 15 is 0 Å². The molecular formula is C11H18O. The van der Waals surface area contributed by atoms with Crippen molar-refractivity contribution in [3.8, 4) is 12.3 Å². The first-order chi connectivity index (χ1) is 5.48. The summed E-state index contributed by atoms with van der Waals surface area (Å²) in [4.78, 5) is 0. The molecule has 1 heteroatoms. The molecule has 1 saturated carbocycles. The van der Waals surface area contributed by atoms with Gasteiger partial charge in [-0.1, -0.05) is 19.8 Å². The Morgan fingerprint density at radius 3 is 2.33 bits per heavy atom. The van der Waals surface area contributed by atoms with Crippen molar-refractivity contribution in [2.24, 2.45) is 16.7 Å². The predicted molar refractivity (Wildman–Crippen MR) is 50.5 cm³/mol. The number of aliphatic hydroxyl groups is 1. The summed E-state index contributed by atoms with van der Waals surface area (Å²) in [5.41, 5.74) is 0.0525. The molecule has 0 aromatic heterocycles. The second-order valence-corrected chi connectivity index (χ2v) is 4.62. The molecule has 0 amide bonds. The van der Waals surface area contributed by atoms with Gasteiger partial charge >= 0.3 is 0 Å². The third-order valence-electron chi connectivity index (χ3n) is 3.97. The van der Waals surface area contributed by atoms with E-state index in [1.807, 2.05) is 0 Å². The van der Waals surface area contributed by atoms with Gasteiger partial charge in [-0.15, -0.1) is 6.42 Å². The Bertz CT molecular complexity index is 212. The number of hydrogen-bond donors (Lipinski definition) is 1. The summed E-state index contributed by atoms with van der Waals surface area (Å²) >= 11 is 0. The first-order valence-electron chi connectivity index (χ1n) is 4.56. The summed E-state index contributed by atoms with van der Waals surface area (Å²) in [6.07, 6.45) is 7.63. The second kappa shape index (κ2) is 2.78. The maximum Gasteiger partial charge on any atom is 0.0464 e. The van der Waals surface area contributed by atoms with E-state index in [1.165, 1.54) is 0 Å². The van der Waals surface area contributed by atoms with Crippen molar-refractivity contribution in [2.75, 3.05) is 6.61 Å². The summed E-state index contributed by atoms with van der Waals surface area (Å²) in [6, 6.07) is 0. The van der Waals surface area contributed by atoms with Gasteiger partial charge in [-0.2, -0.15) is 0 Å². The van der Waals surface area contributed by atoms with Gasteiger partial charge < -0.3 is 5.11 Å². The molecule has 2 unspecified atom stereocenters. The van der Waals surface area contributed by atoms with Gasteiger partial charge in [-0.3, -0.25) is 0 Å². The van der Waals surface area contributed by atoms with Crippen molar-refractivity contribution in [2.45, 2.75) is 33.6 Å². The molecule has 1 aliphatic rings. The topological polar surface area (TPSA) is 20.2 Å². The van der Waals surface area contributed by atoms with Gasteiger partial charge in [0, 0.05) is 12.0 Å². The fourth-order valence-electron chi connectivity index (χ4n) is 2.17. The minimum Gasteiger partial charge on any atom is -0.396 e. The minimum absolute atomic E-state index is 0.0274. The Labute approximate surface area is 75.2 Å². The lowest BCUT2D eigenvalue weighted by molar-refractivity contribution is 0.0914. The highest BCUT2D eigenvalue weighted by Crippen LogP contribution is 2.55. The maximum atomic E-state index is 9.16. The van der Waals surface area contributed by atoms with Gasteiger partial charge in [-0.05, 0) is 31.1 Å². The molecule has 2 atom stereocenters. The first-order valence-corrected chi connectivity index (χ1v) is 4.56. The molecule has 68 valence electrons. The molecule has 1 fully saturated rings. The average Bonchev–Trinajstić information content (AvgIpc) is 2.25. The van der Waals surface area contributed by atoms with Crippen LogP contribution in [0.15, 0.2) is 0 Å². The van der Waals surface area contributed by atoms with E-state index in [0.29, 0.717) is 5.92 Å². The van der Waals surface area contributed by atoms with Crippen LogP contribution in [-0.4, -0.2) is 11.7 Å². The van der Waals surface area contributed by atoms with Gasteiger partial charge in [0.2, 0.25) is 0 Å². The highest BCUT2D eigenvalue weighted by atomic mass is 16.3. The van der Waals surface area contributed by atoms with Crippen LogP contribution in [0, 0.1) is 29.1 Å². The van der Waals surface area contributed by atoms with Crippen LogP contribution in [0.1, 0.15) is 33.6 Å². The molecule has 0 aliphatic heterocycles. The van der Waals surface area contributed by atoms with Gasteiger partial charge in [0.25, 0.3) is 0 Å². The van der Waals surface area contributed by atoms with Crippen LogP contribution in [0.2, 0.25) is 0 Å². The molecule has 0 aromatic rings. The molecule has 1 rings (SSSR count). The van der Waals surface area contributed by atoms with Gasteiger partial charge in [-0.25, -0.2) is 0 Å². The molecule has 0 aromatic carbocycles. The van der Waals surface area contributed by atoms with E-state index < -0.39 is 0 Å². The fraction of sp³-hybridized carbons (Fsp3) is 0.818. The standard InChI is InChI=1S/C11H18O/c1-5-11(4)7-6-9(8-12)10(11,2)3/h1,9,12H,6-8H2,2-4H3. The summed E-state index contributed by atoms with van der Waals surface area (Å²) in [5.74, 6) is 3.26. The van der Waals surface area contributed by atoms with Gasteiger partial charge in [0.1, 0.15) is 0 Å². The molecule has 1 aliphatic carbocycles. The molecule has 0 radical (unpaired) electrons. The van der Waals surface area contributed by atoms with E-state index in [-0.39, 0.29) is 17.4 Å². The predicted octanol–water partition coefficient (Wildman–Crippen LogP) is 2.05. The van der Waals surface area contributed by atoms with E-state index in [0.717, 1.165) is 12.8 Å². The van der Waals surface area contributed by atoms with Gasteiger partial charge in [0.15, 0.2) is 0 Å². The van der Waals surface area contributed by atoms with Crippen molar-refractivity contribution in [3.05, 3.63) is 0 Å². The van der Waals surface area contributed by atoms with Crippen molar-refractivity contribution >= 4 is 0 Å². The highest BCUT2D eigenvalue weighted by Gasteiger charge is 2.49. The molecule has 12 heavy (non-hydrogen) atoms. The molecule has 1 nitrogen and oxygen atoms in total. The van der Waals surface area contributed by atoms with E-state index in [1.54, 1.807) is 0 Å². The quantitative estimate of drug-likeness (QED) is 0.591. The minimum atomic E-state index is -0.0274. The highest BCUT2D eigenvalue weighted by molar-refractivity contribution is 5.15. The van der Waals surface area contributed by atoms with Crippen LogP contribution >= 0.6 is 0 Å². The summed E-state index contributed by atoms with van der Waals surface area (Å²) in [7, 11) is 0. The van der Waals surface area contributed by atoms with Crippen molar-refractivity contribution in [1.29, 1.82) is 0 Å². The first kappa shape index (κ1) is 9.61. The lowest BCUT2D eigenvalue weighted by atomic mass is 9.66. The molecular weight excluding hydrogens is 148 g/mol. The van der Waals surface area contributed by atoms with Crippen LogP contribution < -0.4 is 0 Å². The largest absolute Gasteiger partial charge is 0.396 e. The van der Waals surface area contributed by atoms with E-state index in [9.17, 15) is 0 Å². The Balaban J connectivity index is 2.93. The lowest BCUT2D eigenvalue weighted by Gasteiger charge is -2.37. The van der Waals surface area contributed by atoms with Crippen LogP contribution in [-0.2, 0) is 0 Å². The number of hydrogen-bond acceptors (Lipinski definition) is 1. The van der Waals surface area contributed by atoms with Crippen LogP contribution in [0.5, 0.6) is 0 Å². The third-order valence-corrected chi connectivity index (χ3v) is 3.97. The zero-order chi connectivity index (χ0) is 9.41. The van der Waals surface area contributed by atoms with Crippen LogP contribution in [0.4, 0.5) is 0 Å². The molecule has 0 saturated heterocycles. The summed E-state index contributed by atoms with van der Waals surface area (Å²) < 4.78 is 0. The summed E-state index contributed by atoms with van der Waals surface area (Å²) in [5, 5.41) is 9.16. The Kier molecular flexibility index (Phi) is 2.23. The maximum absolute atomic E-state index is 9.16. The second-order valence-electron chi connectivity index (χ2n) is 4.62. The zero-order valence-electron chi connectivity index (χ0n) is 8.22. The zero-order valence-corrected chi connectivity index (χ0v) is 8.22. The fourth-order valence-corrected chi connectivity index (χ4v) is 2.17. The number of aliphatic hydroxyl groups excluding tert-OH is 1. The van der Waals surface area contributed by atoms with Gasteiger partial charge in [0.05, 0.1) is 0 Å². The van der Waals surface area contributed by atoms with E-state index in [4.69, 9.17) is 11.5 Å². The SMILES string of the molecule is C#CC1(C)CCC(CO)C1(C)C. The lowest BCUT2D eigenvalue weighted by Crippen LogP contribution is -2.34. The van der Waals surface area contributed by atoms with E-state index in [2.05, 4.69) is 26.7 Å². The molecule has 0 bridgehead atoms. The normalized spacial score (nSPS) is 39.4. The summed E-state index contributed by atoms with van der Waals surface area (Å²) in [6.45, 7) is 6.73. The number of rotatable bonds is 1. The Morgan fingerprint density at radius 2 is 2.08 bits per heavy atom. The third kappa shape index (κ3) is 1.06. The van der Waals surface area contributed by atoms with Crippen LogP contribution in [0.25, 0.3) is 0 Å². The molecule has 1 N–H and O–H groups in total. The van der Waals surface area contributed by atoms with Crippen molar-refractivity contribution in [1.82, 2.24) is 0 Å². The smallest absolute Gasteiger partial charge is 0.0464 e. The van der Waals surface area contributed by atoms with Crippen molar-refractivity contribution < 1.29 is 5.11 Å². The Hall–Kier alpha value is -0.480. The van der Waals surface area contributed by atoms with Crippen LogP contribution in [0.3, 0.4) is 0 Å². The monoisotopic (exact) mass is 166 g/mol. The Morgan fingerprint density at radius 1 is 1.50 bits per heavy atom. The molecule has 0 spiro atoms. The average molecular weight is 166 g/mol. The molecule has 0 heterocycles. The number of terminal acetylenes is 1.